The van der Waals surface area contributed by atoms with Crippen molar-refractivity contribution >= 4 is 11.7 Å². The molecule has 0 unspecified atom stereocenters. The molecule has 0 spiro atoms. The van der Waals surface area contributed by atoms with E-state index >= 15 is 0 Å². The maximum Gasteiger partial charge on any atom is 0.319 e. The van der Waals surface area contributed by atoms with Crippen LogP contribution in [-0.2, 0) is 0 Å². The molecule has 0 bridgehead atoms. The van der Waals surface area contributed by atoms with Crippen LogP contribution in [0.5, 0.6) is 0 Å². The van der Waals surface area contributed by atoms with E-state index in [0.717, 1.165) is 5.56 Å². The van der Waals surface area contributed by atoms with Gasteiger partial charge in [0.25, 0.3) is 0 Å². The van der Waals surface area contributed by atoms with Crippen molar-refractivity contribution in [3.05, 3.63) is 29.8 Å². The summed E-state index contributed by atoms with van der Waals surface area (Å²) in [6.45, 7) is 6.06. The summed E-state index contributed by atoms with van der Waals surface area (Å²) in [5.74, 6) is 5.70. The monoisotopic (exact) mass is 245 g/mol. The van der Waals surface area contributed by atoms with Gasteiger partial charge in [-0.15, -0.1) is 0 Å². The quantitative estimate of drug-likeness (QED) is 0.662. The number of carbonyl (C=O) groups excluding carboxylic acids is 1. The fourth-order valence-corrected chi connectivity index (χ4v) is 1.34. The van der Waals surface area contributed by atoms with Gasteiger partial charge in [0.2, 0.25) is 0 Å². The molecule has 1 rings (SSSR count). The van der Waals surface area contributed by atoms with Crippen molar-refractivity contribution in [1.29, 1.82) is 0 Å². The number of urea groups is 1. The molecule has 0 fully saturated rings. The predicted molar refractivity (Wildman–Crippen MR) is 74.3 cm³/mol. The van der Waals surface area contributed by atoms with Gasteiger partial charge in [-0.3, -0.25) is 0 Å². The molecule has 0 heterocycles. The lowest BCUT2D eigenvalue weighted by Crippen LogP contribution is -2.43. The summed E-state index contributed by atoms with van der Waals surface area (Å²) in [4.78, 5) is 11.8. The number of hydrogen-bond donors (Lipinski definition) is 3. The topological polar surface area (TPSA) is 67.2 Å². The van der Waals surface area contributed by atoms with Crippen LogP contribution >= 0.6 is 0 Å². The molecule has 96 valence electrons. The Morgan fingerprint density at radius 1 is 1.33 bits per heavy atom. The van der Waals surface area contributed by atoms with E-state index in [-0.39, 0.29) is 11.6 Å². The van der Waals surface area contributed by atoms with Gasteiger partial charge in [0.05, 0.1) is 12.2 Å². The number of carbonyl (C=O) groups is 1. The third-order valence-electron chi connectivity index (χ3n) is 1.99. The number of rotatable bonds is 1. The summed E-state index contributed by atoms with van der Waals surface area (Å²) in [5.41, 5.74) is 6.50. The molecule has 0 aromatic heterocycles. The summed E-state index contributed by atoms with van der Waals surface area (Å²) < 4.78 is 0. The normalized spacial score (nSPS) is 10.2. The SMILES string of the molecule is CC(C)(C)NC(=O)Nc1ccccc1C#CCN. The first kappa shape index (κ1) is 14.1. The van der Waals surface area contributed by atoms with E-state index in [1.807, 2.05) is 45.0 Å². The third kappa shape index (κ3) is 4.89. The minimum Gasteiger partial charge on any atom is -0.333 e. The molecule has 0 aliphatic rings. The molecule has 4 N–H and O–H groups in total. The lowest BCUT2D eigenvalue weighted by Gasteiger charge is -2.21. The number of amides is 2. The minimum absolute atomic E-state index is 0.246. The Balaban J connectivity index is 2.81. The van der Waals surface area contributed by atoms with Crippen LogP contribution in [-0.4, -0.2) is 18.1 Å². The second kappa shape index (κ2) is 6.08. The third-order valence-corrected chi connectivity index (χ3v) is 1.99. The number of nitrogens with one attached hydrogen (secondary N) is 2. The lowest BCUT2D eigenvalue weighted by atomic mass is 10.1. The maximum absolute atomic E-state index is 11.8. The van der Waals surface area contributed by atoms with Crippen molar-refractivity contribution < 1.29 is 4.79 Å². The molecule has 0 aliphatic carbocycles. The molecular formula is C14H19N3O. The van der Waals surface area contributed by atoms with E-state index in [2.05, 4.69) is 22.5 Å². The molecule has 0 saturated carbocycles. The Bertz CT molecular complexity index is 478. The number of hydrogen-bond acceptors (Lipinski definition) is 2. The van der Waals surface area contributed by atoms with Gasteiger partial charge in [-0.25, -0.2) is 4.79 Å². The highest BCUT2D eigenvalue weighted by molar-refractivity contribution is 5.91. The fourth-order valence-electron chi connectivity index (χ4n) is 1.34. The minimum atomic E-state index is -0.276. The van der Waals surface area contributed by atoms with Crippen molar-refractivity contribution in [2.75, 3.05) is 11.9 Å². The number of para-hydroxylation sites is 1. The molecule has 4 heteroatoms. The van der Waals surface area contributed by atoms with Gasteiger partial charge in [0, 0.05) is 11.1 Å². The molecule has 0 atom stereocenters. The van der Waals surface area contributed by atoms with Gasteiger partial charge in [0.15, 0.2) is 0 Å². The van der Waals surface area contributed by atoms with Crippen LogP contribution < -0.4 is 16.4 Å². The highest BCUT2D eigenvalue weighted by atomic mass is 16.2. The number of benzene rings is 1. The molecule has 1 aromatic rings. The summed E-state index contributed by atoms with van der Waals surface area (Å²) in [6, 6.07) is 7.12. The zero-order valence-corrected chi connectivity index (χ0v) is 11.0. The first-order valence-electron chi connectivity index (χ1n) is 5.79. The van der Waals surface area contributed by atoms with Crippen LogP contribution in [0.2, 0.25) is 0 Å². The van der Waals surface area contributed by atoms with Gasteiger partial charge in [-0.1, -0.05) is 24.0 Å². The van der Waals surface area contributed by atoms with Crippen molar-refractivity contribution in [2.45, 2.75) is 26.3 Å². The molecule has 0 radical (unpaired) electrons. The zero-order chi connectivity index (χ0) is 13.6. The van der Waals surface area contributed by atoms with Gasteiger partial charge >= 0.3 is 6.03 Å². The van der Waals surface area contributed by atoms with Crippen LogP contribution in [0.15, 0.2) is 24.3 Å². The van der Waals surface area contributed by atoms with Crippen molar-refractivity contribution in [3.8, 4) is 11.8 Å². The molecule has 0 aliphatic heterocycles. The molecule has 18 heavy (non-hydrogen) atoms. The van der Waals surface area contributed by atoms with E-state index in [0.29, 0.717) is 12.2 Å². The molecule has 2 amide bonds. The van der Waals surface area contributed by atoms with Crippen LogP contribution in [0.3, 0.4) is 0 Å². The average Bonchev–Trinajstić information content (AvgIpc) is 2.25. The molecule has 4 nitrogen and oxygen atoms in total. The Morgan fingerprint density at radius 3 is 2.61 bits per heavy atom. The van der Waals surface area contributed by atoms with E-state index in [1.54, 1.807) is 0 Å². The average molecular weight is 245 g/mol. The zero-order valence-electron chi connectivity index (χ0n) is 11.0. The number of anilines is 1. The van der Waals surface area contributed by atoms with Crippen molar-refractivity contribution in [3.63, 3.8) is 0 Å². The fraction of sp³-hybridized carbons (Fsp3) is 0.357. The van der Waals surface area contributed by atoms with Crippen molar-refractivity contribution in [2.24, 2.45) is 5.73 Å². The van der Waals surface area contributed by atoms with Gasteiger partial charge in [-0.2, -0.15) is 0 Å². The van der Waals surface area contributed by atoms with Gasteiger partial charge in [-0.05, 0) is 32.9 Å². The number of nitrogens with two attached hydrogens (primary N) is 1. The van der Waals surface area contributed by atoms with Crippen molar-refractivity contribution in [1.82, 2.24) is 5.32 Å². The van der Waals surface area contributed by atoms with E-state index in [1.165, 1.54) is 0 Å². The van der Waals surface area contributed by atoms with Crippen LogP contribution in [0.25, 0.3) is 0 Å². The van der Waals surface area contributed by atoms with E-state index in [9.17, 15) is 4.79 Å². The second-order valence-corrected chi connectivity index (χ2v) is 4.88. The van der Waals surface area contributed by atoms with Crippen LogP contribution in [0, 0.1) is 11.8 Å². The first-order valence-corrected chi connectivity index (χ1v) is 5.79. The van der Waals surface area contributed by atoms with Gasteiger partial charge < -0.3 is 16.4 Å². The summed E-state index contributed by atoms with van der Waals surface area (Å²) in [5, 5.41) is 5.61. The highest BCUT2D eigenvalue weighted by Gasteiger charge is 2.14. The predicted octanol–water partition coefficient (Wildman–Crippen LogP) is 1.92. The molecule has 0 saturated heterocycles. The Morgan fingerprint density at radius 2 is 2.00 bits per heavy atom. The second-order valence-electron chi connectivity index (χ2n) is 4.88. The molecule has 1 aromatic carbocycles. The summed E-state index contributed by atoms with van der Waals surface area (Å²) in [7, 11) is 0. The lowest BCUT2D eigenvalue weighted by molar-refractivity contribution is 0.244. The molecular weight excluding hydrogens is 226 g/mol. The van der Waals surface area contributed by atoms with Crippen LogP contribution in [0.4, 0.5) is 10.5 Å². The standard InChI is InChI=1S/C14H19N3O/c1-14(2,3)17-13(18)16-12-9-5-4-7-11(12)8-6-10-15/h4-5,7,9H,10,15H2,1-3H3,(H2,16,17,18). The largest absolute Gasteiger partial charge is 0.333 e. The first-order chi connectivity index (χ1) is 8.42. The Hall–Kier alpha value is -1.99. The van der Waals surface area contributed by atoms with Crippen LogP contribution in [0.1, 0.15) is 26.3 Å². The summed E-state index contributed by atoms with van der Waals surface area (Å²) in [6.07, 6.45) is 0. The summed E-state index contributed by atoms with van der Waals surface area (Å²) >= 11 is 0. The van der Waals surface area contributed by atoms with E-state index < -0.39 is 0 Å². The van der Waals surface area contributed by atoms with Gasteiger partial charge in [0.1, 0.15) is 0 Å². The van der Waals surface area contributed by atoms with E-state index in [4.69, 9.17) is 5.73 Å². The highest BCUT2D eigenvalue weighted by Crippen LogP contribution is 2.13. The maximum atomic E-state index is 11.8. The Labute approximate surface area is 108 Å². The Kier molecular flexibility index (Phi) is 4.75. The smallest absolute Gasteiger partial charge is 0.319 e.